The monoisotopic (exact) mass is 332 g/mol. The predicted octanol–water partition coefficient (Wildman–Crippen LogP) is 0.597. The van der Waals surface area contributed by atoms with Crippen molar-refractivity contribution < 1.29 is 18.3 Å². The number of hydrogen-bond donors (Lipinski definition) is 0. The zero-order valence-electron chi connectivity index (χ0n) is 9.43. The molecule has 0 unspecified atom stereocenters. The van der Waals surface area contributed by atoms with Gasteiger partial charge in [0.1, 0.15) is 0 Å². The van der Waals surface area contributed by atoms with Crippen molar-refractivity contribution in [1.29, 1.82) is 0 Å². The minimum Gasteiger partial charge on any atom is -0.545 e. The number of carbonyl (C=O) groups is 1. The molecule has 0 radical (unpaired) electrons. The molecular weight excluding hydrogens is 322 g/mol. The van der Waals surface area contributed by atoms with Crippen LogP contribution in [0.2, 0.25) is 0 Å². The minimum absolute atomic E-state index is 0.0158. The fourth-order valence-corrected chi connectivity index (χ4v) is 4.14. The number of benzene rings is 1. The van der Waals surface area contributed by atoms with E-state index in [2.05, 4.69) is 15.9 Å². The Balaban J connectivity index is 2.47. The molecular formula is C11H11BrNO4S-. The number of rotatable bonds is 3. The minimum atomic E-state index is -3.60. The summed E-state index contributed by atoms with van der Waals surface area (Å²) in [4.78, 5) is 10.8. The molecule has 1 aromatic rings. The number of hydrogen-bond acceptors (Lipinski definition) is 4. The van der Waals surface area contributed by atoms with E-state index in [1.165, 1.54) is 16.4 Å². The summed E-state index contributed by atoms with van der Waals surface area (Å²) >= 11 is 3.11. The molecule has 98 valence electrons. The lowest BCUT2D eigenvalue weighted by molar-refractivity contribution is -0.255. The molecule has 0 spiro atoms. The molecule has 0 N–H and O–H groups in total. The first kappa shape index (κ1) is 13.5. The van der Waals surface area contributed by atoms with E-state index in [1.807, 2.05) is 0 Å². The molecule has 2 rings (SSSR count). The van der Waals surface area contributed by atoms with Crippen LogP contribution in [0.4, 0.5) is 0 Å². The molecule has 0 aromatic heterocycles. The second-order valence-corrected chi connectivity index (χ2v) is 6.93. The Morgan fingerprint density at radius 1 is 1.22 bits per heavy atom. The SMILES string of the molecule is O=C([O-])c1cc(Br)cc(S(=O)(=O)N2CCCC2)c1. The van der Waals surface area contributed by atoms with Crippen LogP contribution in [0.3, 0.4) is 0 Å². The van der Waals surface area contributed by atoms with Gasteiger partial charge in [0, 0.05) is 17.6 Å². The van der Waals surface area contributed by atoms with Crippen molar-refractivity contribution >= 4 is 31.9 Å². The Labute approximate surface area is 114 Å². The van der Waals surface area contributed by atoms with Gasteiger partial charge in [-0.25, -0.2) is 8.42 Å². The number of carboxylic acids is 1. The van der Waals surface area contributed by atoms with Crippen molar-refractivity contribution in [3.05, 3.63) is 28.2 Å². The lowest BCUT2D eigenvalue weighted by Crippen LogP contribution is -2.28. The van der Waals surface area contributed by atoms with Crippen molar-refractivity contribution in [2.75, 3.05) is 13.1 Å². The maximum atomic E-state index is 12.3. The average molecular weight is 333 g/mol. The molecule has 18 heavy (non-hydrogen) atoms. The summed E-state index contributed by atoms with van der Waals surface area (Å²) in [6, 6.07) is 3.85. The third-order valence-electron chi connectivity index (χ3n) is 2.81. The Bertz CT molecular complexity index is 579. The predicted molar refractivity (Wildman–Crippen MR) is 66.5 cm³/mol. The quantitative estimate of drug-likeness (QED) is 0.811. The lowest BCUT2D eigenvalue weighted by Gasteiger charge is -2.16. The number of carboxylic acid groups (broad SMARTS) is 1. The van der Waals surface area contributed by atoms with Gasteiger partial charge in [0.05, 0.1) is 10.9 Å². The van der Waals surface area contributed by atoms with Crippen LogP contribution in [-0.2, 0) is 10.0 Å². The molecule has 0 bridgehead atoms. The van der Waals surface area contributed by atoms with Gasteiger partial charge >= 0.3 is 0 Å². The van der Waals surface area contributed by atoms with Gasteiger partial charge in [-0.2, -0.15) is 4.31 Å². The van der Waals surface area contributed by atoms with Gasteiger partial charge < -0.3 is 9.90 Å². The highest BCUT2D eigenvalue weighted by Crippen LogP contribution is 2.24. The first-order valence-corrected chi connectivity index (χ1v) is 7.66. The van der Waals surface area contributed by atoms with Gasteiger partial charge in [-0.1, -0.05) is 15.9 Å². The van der Waals surface area contributed by atoms with Crippen LogP contribution in [0, 0.1) is 0 Å². The van der Waals surface area contributed by atoms with E-state index in [-0.39, 0.29) is 10.5 Å². The Kier molecular flexibility index (Phi) is 3.74. The third-order valence-corrected chi connectivity index (χ3v) is 5.14. The highest BCUT2D eigenvalue weighted by molar-refractivity contribution is 9.10. The molecule has 0 aliphatic carbocycles. The second kappa shape index (κ2) is 4.99. The van der Waals surface area contributed by atoms with E-state index in [1.54, 1.807) is 0 Å². The second-order valence-electron chi connectivity index (χ2n) is 4.07. The van der Waals surface area contributed by atoms with Crippen LogP contribution in [0.5, 0.6) is 0 Å². The molecule has 0 amide bonds. The molecule has 1 saturated heterocycles. The highest BCUT2D eigenvalue weighted by Gasteiger charge is 2.27. The molecule has 7 heteroatoms. The van der Waals surface area contributed by atoms with Gasteiger partial charge in [0.2, 0.25) is 10.0 Å². The van der Waals surface area contributed by atoms with Crippen LogP contribution >= 0.6 is 15.9 Å². The summed E-state index contributed by atoms with van der Waals surface area (Å²) in [5.74, 6) is -1.39. The van der Waals surface area contributed by atoms with Gasteiger partial charge in [-0.05, 0) is 36.6 Å². The van der Waals surface area contributed by atoms with Crippen molar-refractivity contribution in [3.8, 4) is 0 Å². The normalized spacial score (nSPS) is 16.9. The van der Waals surface area contributed by atoms with Crippen LogP contribution < -0.4 is 5.11 Å². The molecule has 1 aliphatic rings. The van der Waals surface area contributed by atoms with Gasteiger partial charge in [-0.3, -0.25) is 0 Å². The van der Waals surface area contributed by atoms with E-state index in [4.69, 9.17) is 0 Å². The maximum absolute atomic E-state index is 12.3. The van der Waals surface area contributed by atoms with E-state index >= 15 is 0 Å². The first-order valence-electron chi connectivity index (χ1n) is 5.43. The largest absolute Gasteiger partial charge is 0.545 e. The Hall–Kier alpha value is -0.920. The van der Waals surface area contributed by atoms with E-state index in [9.17, 15) is 18.3 Å². The van der Waals surface area contributed by atoms with Crippen LogP contribution in [-0.4, -0.2) is 31.8 Å². The fourth-order valence-electron chi connectivity index (χ4n) is 1.91. The van der Waals surface area contributed by atoms with Crippen molar-refractivity contribution in [3.63, 3.8) is 0 Å². The summed E-state index contributed by atoms with van der Waals surface area (Å²) in [5, 5.41) is 10.8. The molecule has 5 nitrogen and oxygen atoms in total. The zero-order valence-corrected chi connectivity index (χ0v) is 11.8. The molecule has 0 saturated carbocycles. The van der Waals surface area contributed by atoms with E-state index in [0.29, 0.717) is 17.6 Å². The molecule has 1 fully saturated rings. The fraction of sp³-hybridized carbons (Fsp3) is 0.364. The number of sulfonamides is 1. The van der Waals surface area contributed by atoms with Gasteiger partial charge in [0.15, 0.2) is 0 Å². The Morgan fingerprint density at radius 2 is 1.83 bits per heavy atom. The van der Waals surface area contributed by atoms with Gasteiger partial charge in [0.25, 0.3) is 0 Å². The standard InChI is InChI=1S/C11H12BrNO4S/c12-9-5-8(11(14)15)6-10(7-9)18(16,17)13-3-1-2-4-13/h5-7H,1-4H2,(H,14,15)/p-1. The van der Waals surface area contributed by atoms with Crippen LogP contribution in [0.25, 0.3) is 0 Å². The summed E-state index contributed by atoms with van der Waals surface area (Å²) < 4.78 is 26.3. The van der Waals surface area contributed by atoms with E-state index < -0.39 is 16.0 Å². The van der Waals surface area contributed by atoms with Gasteiger partial charge in [-0.15, -0.1) is 0 Å². The topological polar surface area (TPSA) is 77.5 Å². The summed E-state index contributed by atoms with van der Waals surface area (Å²) in [5.41, 5.74) is -0.151. The number of carbonyl (C=O) groups excluding carboxylic acids is 1. The molecule has 1 heterocycles. The smallest absolute Gasteiger partial charge is 0.243 e. The van der Waals surface area contributed by atoms with Crippen LogP contribution in [0.1, 0.15) is 23.2 Å². The molecule has 1 aromatic carbocycles. The number of nitrogens with zero attached hydrogens (tertiary/aromatic N) is 1. The summed E-state index contributed by atoms with van der Waals surface area (Å²) in [6.07, 6.45) is 1.67. The molecule has 1 aliphatic heterocycles. The third kappa shape index (κ3) is 2.57. The number of halogens is 1. The first-order chi connectivity index (χ1) is 8.41. The molecule has 0 atom stereocenters. The number of aromatic carboxylic acids is 1. The maximum Gasteiger partial charge on any atom is 0.243 e. The Morgan fingerprint density at radius 3 is 2.39 bits per heavy atom. The summed E-state index contributed by atoms with van der Waals surface area (Å²) in [6.45, 7) is 0.963. The van der Waals surface area contributed by atoms with Crippen molar-refractivity contribution in [1.82, 2.24) is 4.31 Å². The van der Waals surface area contributed by atoms with Crippen molar-refractivity contribution in [2.24, 2.45) is 0 Å². The lowest BCUT2D eigenvalue weighted by atomic mass is 10.2. The average Bonchev–Trinajstić information content (AvgIpc) is 2.82. The summed E-state index contributed by atoms with van der Waals surface area (Å²) in [7, 11) is -3.60. The van der Waals surface area contributed by atoms with Crippen molar-refractivity contribution in [2.45, 2.75) is 17.7 Å². The van der Waals surface area contributed by atoms with E-state index in [0.717, 1.165) is 18.9 Å². The van der Waals surface area contributed by atoms with Crippen LogP contribution in [0.15, 0.2) is 27.6 Å². The highest BCUT2D eigenvalue weighted by atomic mass is 79.9. The zero-order chi connectivity index (χ0) is 13.3.